The summed E-state index contributed by atoms with van der Waals surface area (Å²) in [5, 5.41) is 11.9. The van der Waals surface area contributed by atoms with Crippen molar-refractivity contribution in [2.45, 2.75) is 37.8 Å². The number of hydrogen-bond acceptors (Lipinski definition) is 5. The van der Waals surface area contributed by atoms with E-state index in [0.29, 0.717) is 25.9 Å². The highest BCUT2D eigenvalue weighted by molar-refractivity contribution is 7.89. The van der Waals surface area contributed by atoms with Crippen molar-refractivity contribution in [3.63, 3.8) is 0 Å². The van der Waals surface area contributed by atoms with Gasteiger partial charge in [0.15, 0.2) is 0 Å². The maximum atomic E-state index is 12.0. The molecule has 0 aromatic heterocycles. The fourth-order valence-corrected chi connectivity index (χ4v) is 5.75. The maximum absolute atomic E-state index is 12.0. The van der Waals surface area contributed by atoms with Crippen LogP contribution >= 0.6 is 0 Å². The summed E-state index contributed by atoms with van der Waals surface area (Å²) in [6.07, 6.45) is 0.205. The number of amides is 1. The number of hydrogen-bond donors (Lipinski definition) is 3. The van der Waals surface area contributed by atoms with Gasteiger partial charge in [-0.2, -0.15) is 0 Å². The van der Waals surface area contributed by atoms with Crippen LogP contribution in [0.2, 0.25) is 0 Å². The number of sulfonamides is 1. The van der Waals surface area contributed by atoms with Gasteiger partial charge in [-0.15, -0.1) is 0 Å². The summed E-state index contributed by atoms with van der Waals surface area (Å²) in [6, 6.07) is 15.5. The van der Waals surface area contributed by atoms with Gasteiger partial charge in [0.05, 0.1) is 17.8 Å². The van der Waals surface area contributed by atoms with Gasteiger partial charge in [-0.3, -0.25) is 0 Å². The highest BCUT2D eigenvalue weighted by Gasteiger charge is 2.35. The van der Waals surface area contributed by atoms with Gasteiger partial charge in [0.25, 0.3) is 0 Å². The molecule has 2 aromatic carbocycles. The minimum atomic E-state index is -3.23. The molecule has 0 spiro atoms. The van der Waals surface area contributed by atoms with E-state index >= 15 is 0 Å². The highest BCUT2D eigenvalue weighted by Crippen LogP contribution is 2.39. The molecule has 4 rings (SSSR count). The summed E-state index contributed by atoms with van der Waals surface area (Å²) < 4.78 is 32.6. The van der Waals surface area contributed by atoms with E-state index in [4.69, 9.17) is 4.74 Å². The van der Waals surface area contributed by atoms with Gasteiger partial charge in [0.2, 0.25) is 10.0 Å². The Morgan fingerprint density at radius 1 is 1.19 bits per heavy atom. The van der Waals surface area contributed by atoms with E-state index in [1.807, 2.05) is 49.4 Å². The Hall–Kier alpha value is -2.78. The number of carbonyl (C=O) groups is 1. The van der Waals surface area contributed by atoms with Crippen molar-refractivity contribution in [2.75, 3.05) is 30.3 Å². The second-order valence-corrected chi connectivity index (χ2v) is 10.3. The minimum Gasteiger partial charge on any atom is -0.491 e. The average Bonchev–Trinajstić information content (AvgIpc) is 2.72. The van der Waals surface area contributed by atoms with Crippen molar-refractivity contribution in [3.05, 3.63) is 59.7 Å². The summed E-state index contributed by atoms with van der Waals surface area (Å²) in [7, 11) is -3.23. The molecule has 2 heterocycles. The molecule has 0 saturated carbocycles. The first-order chi connectivity index (χ1) is 15.3. The Morgan fingerprint density at radius 2 is 1.94 bits per heavy atom. The van der Waals surface area contributed by atoms with Gasteiger partial charge in [-0.25, -0.2) is 17.9 Å². The van der Waals surface area contributed by atoms with Crippen molar-refractivity contribution >= 4 is 21.8 Å². The van der Waals surface area contributed by atoms with Gasteiger partial charge >= 0.3 is 6.09 Å². The van der Waals surface area contributed by atoms with Crippen LogP contribution in [0.3, 0.4) is 0 Å². The summed E-state index contributed by atoms with van der Waals surface area (Å²) in [6.45, 7) is 3.33. The van der Waals surface area contributed by atoms with Crippen molar-refractivity contribution in [1.82, 2.24) is 10.0 Å². The number of fused-ring (bicyclic) bond motifs is 1. The zero-order valence-electron chi connectivity index (χ0n) is 18.0. The lowest BCUT2D eigenvalue weighted by Crippen LogP contribution is -2.59. The molecule has 8 nitrogen and oxygen atoms in total. The topological polar surface area (TPSA) is 108 Å². The van der Waals surface area contributed by atoms with Gasteiger partial charge in [0, 0.05) is 30.3 Å². The third-order valence-electron chi connectivity index (χ3n) is 5.97. The predicted octanol–water partition coefficient (Wildman–Crippen LogP) is 2.56. The standard InChI is InChI=1S/C23H29N3O5S/c1-2-10-32(29,30)25-17-13-26(14-17)18-8-9-22-20(12-18)19(11-16-6-4-3-5-7-16)21(15-31-22)24-23(27)28/h3-9,12,17,19,21,24-25H,2,10-11,13-15H2,1H3,(H,27,28). The predicted molar refractivity (Wildman–Crippen MR) is 123 cm³/mol. The van der Waals surface area contributed by atoms with Gasteiger partial charge in [0.1, 0.15) is 12.4 Å². The quantitative estimate of drug-likeness (QED) is 0.560. The van der Waals surface area contributed by atoms with Crippen molar-refractivity contribution in [3.8, 4) is 5.75 Å². The van der Waals surface area contributed by atoms with E-state index < -0.39 is 16.1 Å². The molecule has 172 valence electrons. The number of benzene rings is 2. The Morgan fingerprint density at radius 3 is 2.62 bits per heavy atom. The molecule has 0 bridgehead atoms. The largest absolute Gasteiger partial charge is 0.491 e. The molecule has 3 N–H and O–H groups in total. The van der Waals surface area contributed by atoms with Crippen LogP contribution in [0, 0.1) is 0 Å². The van der Waals surface area contributed by atoms with E-state index in [1.165, 1.54) is 0 Å². The molecule has 32 heavy (non-hydrogen) atoms. The Balaban J connectivity index is 1.53. The average molecular weight is 460 g/mol. The Kier molecular flexibility index (Phi) is 6.57. The van der Waals surface area contributed by atoms with E-state index in [2.05, 4.69) is 21.0 Å². The second kappa shape index (κ2) is 9.38. The first kappa shape index (κ1) is 22.4. The molecule has 2 aromatic rings. The zero-order valence-corrected chi connectivity index (χ0v) is 18.8. The molecule has 2 unspecified atom stereocenters. The zero-order chi connectivity index (χ0) is 22.7. The van der Waals surface area contributed by atoms with E-state index in [-0.39, 0.29) is 30.4 Å². The molecule has 1 saturated heterocycles. The lowest BCUT2D eigenvalue weighted by molar-refractivity contribution is 0.167. The number of anilines is 1. The van der Waals surface area contributed by atoms with Crippen LogP contribution in [0.15, 0.2) is 48.5 Å². The van der Waals surface area contributed by atoms with Crippen molar-refractivity contribution < 1.29 is 23.1 Å². The molecule has 0 aliphatic carbocycles. The number of nitrogens with one attached hydrogen (secondary N) is 2. The molecule has 9 heteroatoms. The normalized spacial score (nSPS) is 20.7. The number of rotatable bonds is 8. The van der Waals surface area contributed by atoms with E-state index in [0.717, 1.165) is 22.6 Å². The molecular weight excluding hydrogens is 430 g/mol. The van der Waals surface area contributed by atoms with Crippen LogP contribution in [0.4, 0.5) is 10.5 Å². The van der Waals surface area contributed by atoms with E-state index in [9.17, 15) is 18.3 Å². The minimum absolute atomic E-state index is 0.0719. The van der Waals surface area contributed by atoms with Crippen LogP contribution in [0.1, 0.15) is 30.4 Å². The molecule has 0 radical (unpaired) electrons. The van der Waals surface area contributed by atoms with Crippen LogP contribution in [0.25, 0.3) is 0 Å². The fraction of sp³-hybridized carbons (Fsp3) is 0.435. The SMILES string of the molecule is CCCS(=O)(=O)NC1CN(c2ccc3c(c2)C(Cc2ccccc2)C(NC(=O)O)CO3)C1. The second-order valence-electron chi connectivity index (χ2n) is 8.42. The number of nitrogens with zero attached hydrogens (tertiary/aromatic N) is 1. The molecule has 1 fully saturated rings. The Bertz CT molecular complexity index is 1050. The van der Waals surface area contributed by atoms with E-state index in [1.54, 1.807) is 0 Å². The van der Waals surface area contributed by atoms with Gasteiger partial charge in [-0.05, 0) is 36.6 Å². The highest BCUT2D eigenvalue weighted by atomic mass is 32.2. The first-order valence-electron chi connectivity index (χ1n) is 10.9. The van der Waals surface area contributed by atoms with Crippen LogP contribution in [-0.4, -0.2) is 57.2 Å². The number of carboxylic acid groups (broad SMARTS) is 1. The van der Waals surface area contributed by atoms with Crippen molar-refractivity contribution in [2.24, 2.45) is 0 Å². The molecular formula is C23H29N3O5S. The van der Waals surface area contributed by atoms with Gasteiger partial charge < -0.3 is 20.1 Å². The molecule has 2 atom stereocenters. The van der Waals surface area contributed by atoms with Gasteiger partial charge in [-0.1, -0.05) is 37.3 Å². The number of ether oxygens (including phenoxy) is 1. The van der Waals surface area contributed by atoms with Crippen LogP contribution in [-0.2, 0) is 16.4 Å². The van der Waals surface area contributed by atoms with Crippen molar-refractivity contribution in [1.29, 1.82) is 0 Å². The Labute approximate surface area is 188 Å². The summed E-state index contributed by atoms with van der Waals surface area (Å²) >= 11 is 0. The smallest absolute Gasteiger partial charge is 0.405 e. The molecule has 2 aliphatic rings. The third kappa shape index (κ3) is 5.16. The summed E-state index contributed by atoms with van der Waals surface area (Å²) in [4.78, 5) is 13.5. The van der Waals surface area contributed by atoms with Crippen LogP contribution in [0.5, 0.6) is 5.75 Å². The summed E-state index contributed by atoms with van der Waals surface area (Å²) in [5.74, 6) is 0.829. The fourth-order valence-electron chi connectivity index (χ4n) is 4.43. The maximum Gasteiger partial charge on any atom is 0.405 e. The lowest BCUT2D eigenvalue weighted by atomic mass is 9.83. The summed E-state index contributed by atoms with van der Waals surface area (Å²) in [5.41, 5.74) is 3.07. The molecule has 2 aliphatic heterocycles. The lowest BCUT2D eigenvalue weighted by Gasteiger charge is -2.42. The molecule has 1 amide bonds. The first-order valence-corrected chi connectivity index (χ1v) is 12.5. The third-order valence-corrected chi connectivity index (χ3v) is 7.61. The monoisotopic (exact) mass is 459 g/mol. The van der Waals surface area contributed by atoms with Crippen LogP contribution < -0.4 is 19.7 Å².